The van der Waals surface area contributed by atoms with Gasteiger partial charge in [-0.25, -0.2) is 0 Å². The van der Waals surface area contributed by atoms with Gasteiger partial charge in [0.15, 0.2) is 0 Å². The Hall–Kier alpha value is -0.0800. The van der Waals surface area contributed by atoms with E-state index < -0.39 is 0 Å². The van der Waals surface area contributed by atoms with Gasteiger partial charge in [-0.3, -0.25) is 4.90 Å². The minimum Gasteiger partial charge on any atom is -0.306 e. The lowest BCUT2D eigenvalue weighted by molar-refractivity contribution is 0.0162. The van der Waals surface area contributed by atoms with Crippen molar-refractivity contribution >= 4 is 0 Å². The zero-order chi connectivity index (χ0) is 8.84. The van der Waals surface area contributed by atoms with Crippen LogP contribution in [0.1, 0.15) is 19.3 Å². The Morgan fingerprint density at radius 3 is 3.00 bits per heavy atom. The van der Waals surface area contributed by atoms with Gasteiger partial charge in [0.2, 0.25) is 0 Å². The first-order chi connectivity index (χ1) is 6.33. The smallest absolute Gasteiger partial charge is 0.0136 e. The van der Waals surface area contributed by atoms with Crippen LogP contribution in [0.3, 0.4) is 0 Å². The highest BCUT2D eigenvalue weighted by Gasteiger charge is 2.41. The quantitative estimate of drug-likeness (QED) is 0.549. The van der Waals surface area contributed by atoms with E-state index in [-0.39, 0.29) is 0 Å². The maximum absolute atomic E-state index is 2.77. The number of likely N-dealkylation sites (tertiary alicyclic amines) is 1. The first-order valence-corrected chi connectivity index (χ1v) is 5.75. The van der Waals surface area contributed by atoms with Gasteiger partial charge in [0.1, 0.15) is 0 Å². The van der Waals surface area contributed by atoms with E-state index in [1.807, 2.05) is 0 Å². The molecule has 3 heterocycles. The van der Waals surface area contributed by atoms with Crippen LogP contribution in [0.2, 0.25) is 0 Å². The summed E-state index contributed by atoms with van der Waals surface area (Å²) in [6.07, 6.45) is 4.45. The Labute approximate surface area is 80.9 Å². The molecule has 74 valence electrons. The predicted octanol–water partition coefficient (Wildman–Crippen LogP) is 1.03. The van der Waals surface area contributed by atoms with Crippen LogP contribution < -0.4 is 0 Å². The van der Waals surface area contributed by atoms with Crippen LogP contribution in [0, 0.1) is 11.8 Å². The van der Waals surface area contributed by atoms with Crippen LogP contribution in [-0.2, 0) is 0 Å². The summed E-state index contributed by atoms with van der Waals surface area (Å²) < 4.78 is 0. The maximum atomic E-state index is 2.77. The maximum Gasteiger partial charge on any atom is 0.0136 e. The van der Waals surface area contributed by atoms with Gasteiger partial charge in [0, 0.05) is 25.7 Å². The fourth-order valence-corrected chi connectivity index (χ4v) is 3.85. The van der Waals surface area contributed by atoms with Crippen molar-refractivity contribution in [1.82, 2.24) is 9.80 Å². The second kappa shape index (κ2) is 2.96. The van der Waals surface area contributed by atoms with Crippen molar-refractivity contribution in [3.63, 3.8) is 0 Å². The normalized spacial score (nSPS) is 46.4. The predicted molar refractivity (Wildman–Crippen MR) is 53.7 cm³/mol. The number of fused-ring (bicyclic) bond motifs is 4. The number of nitrogens with zero attached hydrogens (tertiary/aromatic N) is 2. The highest BCUT2D eigenvalue weighted by Crippen LogP contribution is 2.37. The van der Waals surface area contributed by atoms with E-state index in [0.29, 0.717) is 0 Å². The van der Waals surface area contributed by atoms with Crippen LogP contribution in [0.25, 0.3) is 0 Å². The Kier molecular flexibility index (Phi) is 1.88. The van der Waals surface area contributed by atoms with Crippen LogP contribution in [0.4, 0.5) is 0 Å². The Bertz CT molecular complexity index is 202. The number of piperidine rings is 2. The summed E-state index contributed by atoms with van der Waals surface area (Å²) in [5.41, 5.74) is 0. The van der Waals surface area contributed by atoms with Crippen molar-refractivity contribution in [1.29, 1.82) is 0 Å². The first-order valence-electron chi connectivity index (χ1n) is 5.75. The van der Waals surface area contributed by atoms with Crippen LogP contribution in [-0.4, -0.2) is 49.1 Å². The third kappa shape index (κ3) is 1.31. The molecule has 0 aromatic carbocycles. The molecule has 3 rings (SSSR count). The van der Waals surface area contributed by atoms with Gasteiger partial charge in [-0.2, -0.15) is 0 Å². The van der Waals surface area contributed by atoms with Crippen molar-refractivity contribution in [3.8, 4) is 0 Å². The average Bonchev–Trinajstić information content (AvgIpc) is 2.50. The highest BCUT2D eigenvalue weighted by molar-refractivity contribution is 4.96. The third-order valence-corrected chi connectivity index (χ3v) is 4.20. The molecule has 0 aromatic rings. The molecule has 3 aliphatic rings. The van der Waals surface area contributed by atoms with Gasteiger partial charge in [0.25, 0.3) is 0 Å². The second-order valence-corrected chi connectivity index (χ2v) is 5.29. The molecule has 0 unspecified atom stereocenters. The molecule has 3 atom stereocenters. The van der Waals surface area contributed by atoms with Gasteiger partial charge in [0.05, 0.1) is 0 Å². The molecule has 0 amide bonds. The summed E-state index contributed by atoms with van der Waals surface area (Å²) in [6, 6.07) is 0.957. The lowest BCUT2D eigenvalue weighted by Crippen LogP contribution is -2.54. The van der Waals surface area contributed by atoms with Crippen LogP contribution >= 0.6 is 0 Å². The summed E-state index contributed by atoms with van der Waals surface area (Å²) in [5.74, 6) is 1.98. The summed E-state index contributed by atoms with van der Waals surface area (Å²) in [6.45, 7) is 5.49. The molecule has 0 aromatic heterocycles. The van der Waals surface area contributed by atoms with Gasteiger partial charge in [-0.05, 0) is 44.7 Å². The second-order valence-electron chi connectivity index (χ2n) is 5.29. The van der Waals surface area contributed by atoms with E-state index in [1.54, 1.807) is 0 Å². The zero-order valence-electron chi connectivity index (χ0n) is 8.58. The minimum atomic E-state index is 0.957. The molecule has 0 saturated carbocycles. The Morgan fingerprint density at radius 1 is 1.15 bits per heavy atom. The van der Waals surface area contributed by atoms with E-state index in [1.165, 1.54) is 45.4 Å². The van der Waals surface area contributed by atoms with Crippen molar-refractivity contribution in [2.75, 3.05) is 33.2 Å². The van der Waals surface area contributed by atoms with E-state index in [4.69, 9.17) is 0 Å². The molecule has 0 spiro atoms. The highest BCUT2D eigenvalue weighted by atomic mass is 15.2. The topological polar surface area (TPSA) is 6.48 Å². The Morgan fingerprint density at radius 2 is 2.08 bits per heavy atom. The lowest BCUT2D eigenvalue weighted by Gasteiger charge is -2.47. The van der Waals surface area contributed by atoms with E-state index in [9.17, 15) is 0 Å². The van der Waals surface area contributed by atoms with Crippen LogP contribution in [0.5, 0.6) is 0 Å². The standard InChI is InChI=1S/C11H20N2/c1-12-6-9-5-10(8-12)11-3-2-4-13(11)7-9/h9-11H,2-8H2,1H3/t9-,10+,11+/m0/s1. The third-order valence-electron chi connectivity index (χ3n) is 4.20. The molecule has 0 radical (unpaired) electrons. The molecular formula is C11H20N2. The molecule has 3 aliphatic heterocycles. The molecule has 2 bridgehead atoms. The minimum absolute atomic E-state index is 0.957. The van der Waals surface area contributed by atoms with E-state index >= 15 is 0 Å². The summed E-state index contributed by atoms with van der Waals surface area (Å²) in [5, 5.41) is 0. The summed E-state index contributed by atoms with van der Waals surface area (Å²) in [4.78, 5) is 5.32. The molecule has 2 heteroatoms. The summed E-state index contributed by atoms with van der Waals surface area (Å²) >= 11 is 0. The van der Waals surface area contributed by atoms with Gasteiger partial charge < -0.3 is 4.90 Å². The number of hydrogen-bond donors (Lipinski definition) is 0. The SMILES string of the molecule is CN1C[C@@H]2C[C@H](C1)[C@H]1CCCN1C2. The fraction of sp³-hybridized carbons (Fsp3) is 1.00. The van der Waals surface area contributed by atoms with Crippen molar-refractivity contribution in [3.05, 3.63) is 0 Å². The van der Waals surface area contributed by atoms with Gasteiger partial charge >= 0.3 is 0 Å². The number of hydrogen-bond acceptors (Lipinski definition) is 2. The number of rotatable bonds is 0. The molecule has 2 nitrogen and oxygen atoms in total. The lowest BCUT2D eigenvalue weighted by atomic mass is 9.80. The molecular weight excluding hydrogens is 160 g/mol. The molecule has 3 saturated heterocycles. The van der Waals surface area contributed by atoms with E-state index in [0.717, 1.165) is 17.9 Å². The van der Waals surface area contributed by atoms with Crippen molar-refractivity contribution < 1.29 is 0 Å². The van der Waals surface area contributed by atoms with Crippen molar-refractivity contribution in [2.45, 2.75) is 25.3 Å². The van der Waals surface area contributed by atoms with Crippen LogP contribution in [0.15, 0.2) is 0 Å². The van der Waals surface area contributed by atoms with Crippen molar-refractivity contribution in [2.24, 2.45) is 11.8 Å². The first kappa shape index (κ1) is 8.25. The molecule has 3 fully saturated rings. The zero-order valence-corrected chi connectivity index (χ0v) is 8.58. The van der Waals surface area contributed by atoms with Gasteiger partial charge in [-0.1, -0.05) is 0 Å². The molecule has 0 N–H and O–H groups in total. The average molecular weight is 180 g/mol. The monoisotopic (exact) mass is 180 g/mol. The van der Waals surface area contributed by atoms with E-state index in [2.05, 4.69) is 16.8 Å². The Balaban J connectivity index is 1.79. The largest absolute Gasteiger partial charge is 0.306 e. The van der Waals surface area contributed by atoms with Gasteiger partial charge in [-0.15, -0.1) is 0 Å². The fourth-order valence-electron chi connectivity index (χ4n) is 3.85. The molecule has 0 aliphatic carbocycles. The summed E-state index contributed by atoms with van der Waals surface area (Å²) in [7, 11) is 2.30. The molecule has 13 heavy (non-hydrogen) atoms.